The van der Waals surface area contributed by atoms with Gasteiger partial charge in [0.15, 0.2) is 17.3 Å². The van der Waals surface area contributed by atoms with Gasteiger partial charge in [-0.1, -0.05) is 0 Å². The van der Waals surface area contributed by atoms with Crippen molar-refractivity contribution in [2.75, 3.05) is 14.2 Å². The van der Waals surface area contributed by atoms with Crippen molar-refractivity contribution in [1.29, 1.82) is 0 Å². The van der Waals surface area contributed by atoms with Crippen LogP contribution in [0.25, 0.3) is 0 Å². The number of pyridine rings is 1. The minimum absolute atomic E-state index is 0.0773. The third-order valence-electron chi connectivity index (χ3n) is 2.93. The second kappa shape index (κ2) is 5.52. The van der Waals surface area contributed by atoms with E-state index in [1.807, 2.05) is 13.0 Å². The molecule has 0 fully saturated rings. The summed E-state index contributed by atoms with van der Waals surface area (Å²) in [5.41, 5.74) is 2.04. The summed E-state index contributed by atoms with van der Waals surface area (Å²) in [5.74, 6) is 1.06. The number of hydrogen-bond donors (Lipinski definition) is 0. The molecule has 0 saturated carbocycles. The largest absolute Gasteiger partial charge is 0.493 e. The van der Waals surface area contributed by atoms with Crippen LogP contribution in [0.1, 0.15) is 21.5 Å². The van der Waals surface area contributed by atoms with Gasteiger partial charge in [-0.3, -0.25) is 9.78 Å². The van der Waals surface area contributed by atoms with E-state index in [9.17, 15) is 4.79 Å². The molecule has 19 heavy (non-hydrogen) atoms. The molecule has 0 amide bonds. The summed E-state index contributed by atoms with van der Waals surface area (Å²) >= 11 is 0. The predicted molar refractivity (Wildman–Crippen MR) is 72.0 cm³/mol. The highest BCUT2D eigenvalue weighted by Gasteiger charge is 2.14. The van der Waals surface area contributed by atoms with E-state index < -0.39 is 0 Å². The molecule has 0 aliphatic rings. The molecule has 1 aromatic carbocycles. The number of carbonyl (C=O) groups excluding carboxylic acids is 1. The first-order valence-electron chi connectivity index (χ1n) is 5.84. The fourth-order valence-corrected chi connectivity index (χ4v) is 1.83. The number of aryl methyl sites for hydroxylation is 1. The average Bonchev–Trinajstić information content (AvgIpc) is 2.46. The first-order chi connectivity index (χ1) is 9.17. The van der Waals surface area contributed by atoms with E-state index in [1.165, 1.54) is 0 Å². The van der Waals surface area contributed by atoms with Gasteiger partial charge >= 0.3 is 0 Å². The molecule has 98 valence electrons. The number of hydrogen-bond acceptors (Lipinski definition) is 4. The normalized spacial score (nSPS) is 10.1. The lowest BCUT2D eigenvalue weighted by atomic mass is 10.0. The average molecular weight is 257 g/mol. The van der Waals surface area contributed by atoms with Crippen molar-refractivity contribution in [3.63, 3.8) is 0 Å². The summed E-state index contributed by atoms with van der Waals surface area (Å²) in [7, 11) is 3.10. The Kier molecular flexibility index (Phi) is 3.80. The zero-order valence-corrected chi connectivity index (χ0v) is 11.1. The van der Waals surface area contributed by atoms with Gasteiger partial charge in [0.25, 0.3) is 0 Å². The summed E-state index contributed by atoms with van der Waals surface area (Å²) in [6, 6.07) is 6.93. The van der Waals surface area contributed by atoms with E-state index in [0.29, 0.717) is 22.6 Å². The quantitative estimate of drug-likeness (QED) is 0.790. The topological polar surface area (TPSA) is 48.4 Å². The van der Waals surface area contributed by atoms with Crippen LogP contribution in [0.15, 0.2) is 36.7 Å². The molecule has 0 atom stereocenters. The van der Waals surface area contributed by atoms with Gasteiger partial charge in [-0.25, -0.2) is 0 Å². The fraction of sp³-hybridized carbons (Fsp3) is 0.200. The van der Waals surface area contributed by atoms with Crippen molar-refractivity contribution in [2.24, 2.45) is 0 Å². The van der Waals surface area contributed by atoms with Gasteiger partial charge in [0, 0.05) is 23.5 Å². The fourth-order valence-electron chi connectivity index (χ4n) is 1.83. The standard InChI is InChI=1S/C15H15NO3/c1-10-6-7-16-9-12(10)15(17)11-4-5-13(18-2)14(8-11)19-3/h4-9H,1-3H3. The maximum Gasteiger partial charge on any atom is 0.194 e. The van der Waals surface area contributed by atoms with Gasteiger partial charge in [0.1, 0.15) is 0 Å². The molecular formula is C15H15NO3. The first kappa shape index (κ1) is 13.1. The van der Waals surface area contributed by atoms with E-state index >= 15 is 0 Å². The lowest BCUT2D eigenvalue weighted by molar-refractivity contribution is 0.103. The molecule has 4 heteroatoms. The second-order valence-electron chi connectivity index (χ2n) is 4.09. The maximum absolute atomic E-state index is 12.4. The Balaban J connectivity index is 2.42. The highest BCUT2D eigenvalue weighted by atomic mass is 16.5. The van der Waals surface area contributed by atoms with Gasteiger partial charge in [-0.05, 0) is 36.8 Å². The maximum atomic E-state index is 12.4. The summed E-state index contributed by atoms with van der Waals surface area (Å²) in [4.78, 5) is 16.4. The molecule has 0 aliphatic heterocycles. The summed E-state index contributed by atoms with van der Waals surface area (Å²) in [6.45, 7) is 1.88. The Labute approximate surface area is 112 Å². The lowest BCUT2D eigenvalue weighted by Gasteiger charge is -2.09. The Morgan fingerprint density at radius 2 is 1.84 bits per heavy atom. The van der Waals surface area contributed by atoms with Crippen LogP contribution in [0, 0.1) is 6.92 Å². The molecule has 0 unspecified atom stereocenters. The molecule has 1 aromatic heterocycles. The van der Waals surface area contributed by atoms with Crippen molar-refractivity contribution in [1.82, 2.24) is 4.98 Å². The molecule has 4 nitrogen and oxygen atoms in total. The van der Waals surface area contributed by atoms with Crippen LogP contribution in [-0.4, -0.2) is 25.0 Å². The van der Waals surface area contributed by atoms with E-state index in [4.69, 9.17) is 9.47 Å². The number of ether oxygens (including phenoxy) is 2. The molecule has 2 aromatic rings. The molecule has 0 bridgehead atoms. The van der Waals surface area contributed by atoms with Crippen molar-refractivity contribution >= 4 is 5.78 Å². The van der Waals surface area contributed by atoms with Crippen molar-refractivity contribution in [3.8, 4) is 11.5 Å². The third kappa shape index (κ3) is 2.57. The van der Waals surface area contributed by atoms with Gasteiger partial charge in [-0.2, -0.15) is 0 Å². The van der Waals surface area contributed by atoms with Crippen LogP contribution >= 0.6 is 0 Å². The van der Waals surface area contributed by atoms with E-state index in [-0.39, 0.29) is 5.78 Å². The smallest absolute Gasteiger partial charge is 0.194 e. The van der Waals surface area contributed by atoms with Gasteiger partial charge in [-0.15, -0.1) is 0 Å². The number of ketones is 1. The van der Waals surface area contributed by atoms with Gasteiger partial charge in [0.05, 0.1) is 14.2 Å². The van der Waals surface area contributed by atoms with Crippen LogP contribution in [0.3, 0.4) is 0 Å². The second-order valence-corrected chi connectivity index (χ2v) is 4.09. The molecule has 0 saturated heterocycles. The summed E-state index contributed by atoms with van der Waals surface area (Å²) in [5, 5.41) is 0. The van der Waals surface area contributed by atoms with Crippen LogP contribution in [0.2, 0.25) is 0 Å². The monoisotopic (exact) mass is 257 g/mol. The lowest BCUT2D eigenvalue weighted by Crippen LogP contribution is -2.05. The Morgan fingerprint density at radius 1 is 1.11 bits per heavy atom. The van der Waals surface area contributed by atoms with Crippen LogP contribution in [0.4, 0.5) is 0 Å². The van der Waals surface area contributed by atoms with Crippen molar-refractivity contribution in [3.05, 3.63) is 53.3 Å². The number of rotatable bonds is 4. The highest BCUT2D eigenvalue weighted by Crippen LogP contribution is 2.28. The van der Waals surface area contributed by atoms with E-state index in [0.717, 1.165) is 5.56 Å². The first-order valence-corrected chi connectivity index (χ1v) is 5.84. The number of benzene rings is 1. The molecule has 1 heterocycles. The van der Waals surface area contributed by atoms with E-state index in [1.54, 1.807) is 44.8 Å². The predicted octanol–water partition coefficient (Wildman–Crippen LogP) is 2.64. The number of methoxy groups -OCH3 is 2. The zero-order valence-electron chi connectivity index (χ0n) is 11.1. The summed E-state index contributed by atoms with van der Waals surface area (Å²) in [6.07, 6.45) is 3.25. The SMILES string of the molecule is COc1ccc(C(=O)c2cnccc2C)cc1OC. The molecule has 2 rings (SSSR count). The number of nitrogens with zero attached hydrogens (tertiary/aromatic N) is 1. The van der Waals surface area contributed by atoms with Crippen LogP contribution in [-0.2, 0) is 0 Å². The minimum Gasteiger partial charge on any atom is -0.493 e. The van der Waals surface area contributed by atoms with E-state index in [2.05, 4.69) is 4.98 Å². The van der Waals surface area contributed by atoms with Crippen LogP contribution < -0.4 is 9.47 Å². The number of aromatic nitrogens is 1. The Hall–Kier alpha value is -2.36. The molecule has 0 N–H and O–H groups in total. The Bertz CT molecular complexity index is 608. The minimum atomic E-state index is -0.0773. The van der Waals surface area contributed by atoms with Crippen molar-refractivity contribution in [2.45, 2.75) is 6.92 Å². The highest BCUT2D eigenvalue weighted by molar-refractivity contribution is 6.10. The van der Waals surface area contributed by atoms with Crippen LogP contribution in [0.5, 0.6) is 11.5 Å². The molecule has 0 spiro atoms. The third-order valence-corrected chi connectivity index (χ3v) is 2.93. The zero-order chi connectivity index (χ0) is 13.8. The number of carbonyl (C=O) groups is 1. The Morgan fingerprint density at radius 3 is 2.47 bits per heavy atom. The van der Waals surface area contributed by atoms with Gasteiger partial charge < -0.3 is 9.47 Å². The molecule has 0 radical (unpaired) electrons. The van der Waals surface area contributed by atoms with Gasteiger partial charge in [0.2, 0.25) is 0 Å². The molecular weight excluding hydrogens is 242 g/mol. The summed E-state index contributed by atoms with van der Waals surface area (Å²) < 4.78 is 10.4. The molecule has 0 aliphatic carbocycles. The van der Waals surface area contributed by atoms with Crippen molar-refractivity contribution < 1.29 is 14.3 Å².